The Bertz CT molecular complexity index is 955. The minimum atomic E-state index is -4.52. The summed E-state index contributed by atoms with van der Waals surface area (Å²) < 4.78 is 44.1. The molecule has 0 spiro atoms. The highest BCUT2D eigenvalue weighted by Crippen LogP contribution is 2.38. The first kappa shape index (κ1) is 17.9. The van der Waals surface area contributed by atoms with Crippen molar-refractivity contribution in [3.63, 3.8) is 0 Å². The molecule has 1 aliphatic rings. The molecule has 1 fully saturated rings. The second kappa shape index (κ2) is 6.58. The molecule has 4 rings (SSSR count). The number of piperazine rings is 1. The van der Waals surface area contributed by atoms with Gasteiger partial charge in [0.05, 0.1) is 17.6 Å². The average molecular weight is 380 g/mol. The molecule has 27 heavy (non-hydrogen) atoms. The number of aromatic nitrogens is 2. The number of hydrogen-bond acceptors (Lipinski definition) is 5. The highest BCUT2D eigenvalue weighted by atomic mass is 19.4. The molecular weight excluding hydrogens is 361 g/mol. The van der Waals surface area contributed by atoms with Gasteiger partial charge in [-0.2, -0.15) is 18.3 Å². The summed E-state index contributed by atoms with van der Waals surface area (Å²) in [5.74, 6) is 0.570. The number of hydrogen-bond donors (Lipinski definition) is 2. The summed E-state index contributed by atoms with van der Waals surface area (Å²) in [6.07, 6.45) is -4.52. The second-order valence-corrected chi connectivity index (χ2v) is 6.83. The van der Waals surface area contributed by atoms with Gasteiger partial charge in [-0.1, -0.05) is 0 Å². The Morgan fingerprint density at radius 3 is 2.59 bits per heavy atom. The smallest absolute Gasteiger partial charge is 0.432 e. The number of aromatic hydroxyl groups is 1. The number of nitrogens with one attached hydrogen (secondary N) is 1. The summed E-state index contributed by atoms with van der Waals surface area (Å²) in [6, 6.07) is 5.77. The van der Waals surface area contributed by atoms with Crippen LogP contribution in [-0.2, 0) is 12.7 Å². The third-order valence-corrected chi connectivity index (χ3v) is 4.86. The molecule has 0 radical (unpaired) electrons. The third-order valence-electron chi connectivity index (χ3n) is 4.86. The molecular formula is C18H19F3N4O2. The van der Waals surface area contributed by atoms with Gasteiger partial charge in [0, 0.05) is 31.7 Å². The fraction of sp³-hybridized carbons (Fsp3) is 0.389. The van der Waals surface area contributed by atoms with Gasteiger partial charge in [0.2, 0.25) is 0 Å². The average Bonchev–Trinajstić information content (AvgIpc) is 3.24. The van der Waals surface area contributed by atoms with Gasteiger partial charge >= 0.3 is 6.18 Å². The van der Waals surface area contributed by atoms with Gasteiger partial charge in [-0.25, -0.2) is 0 Å². The fourth-order valence-corrected chi connectivity index (χ4v) is 3.27. The molecule has 1 saturated heterocycles. The number of rotatable bonds is 3. The monoisotopic (exact) mass is 380 g/mol. The zero-order chi connectivity index (χ0) is 19.2. The molecule has 0 atom stereocenters. The quantitative estimate of drug-likeness (QED) is 0.730. The maximum absolute atomic E-state index is 12.8. The molecule has 9 heteroatoms. The number of likely N-dealkylation sites (N-methyl/N-ethyl adjacent to an activating group) is 1. The Kier molecular flexibility index (Phi) is 4.35. The molecule has 1 aromatic carbocycles. The van der Waals surface area contributed by atoms with Crippen LogP contribution >= 0.6 is 0 Å². The zero-order valence-corrected chi connectivity index (χ0v) is 14.7. The van der Waals surface area contributed by atoms with Crippen LogP contribution < -0.4 is 0 Å². The Balaban J connectivity index is 1.61. The van der Waals surface area contributed by atoms with Crippen molar-refractivity contribution in [2.24, 2.45) is 0 Å². The Labute approximate surface area is 153 Å². The van der Waals surface area contributed by atoms with E-state index in [4.69, 9.17) is 4.42 Å². The van der Waals surface area contributed by atoms with Crippen LogP contribution in [-0.4, -0.2) is 58.3 Å². The molecule has 6 nitrogen and oxygen atoms in total. The van der Waals surface area contributed by atoms with E-state index >= 15 is 0 Å². The summed E-state index contributed by atoms with van der Waals surface area (Å²) in [4.78, 5) is 4.52. The highest BCUT2D eigenvalue weighted by molar-refractivity contribution is 5.91. The number of halogens is 3. The second-order valence-electron chi connectivity index (χ2n) is 6.83. The molecule has 1 aliphatic heterocycles. The highest BCUT2D eigenvalue weighted by Gasteiger charge is 2.33. The van der Waals surface area contributed by atoms with Gasteiger partial charge in [0.25, 0.3) is 0 Å². The van der Waals surface area contributed by atoms with Gasteiger partial charge in [0.1, 0.15) is 22.8 Å². The first-order chi connectivity index (χ1) is 12.8. The first-order valence-corrected chi connectivity index (χ1v) is 8.59. The van der Waals surface area contributed by atoms with E-state index < -0.39 is 11.9 Å². The topological polar surface area (TPSA) is 68.5 Å². The van der Waals surface area contributed by atoms with Crippen molar-refractivity contribution >= 4 is 11.0 Å². The van der Waals surface area contributed by atoms with Gasteiger partial charge < -0.3 is 14.4 Å². The van der Waals surface area contributed by atoms with Gasteiger partial charge in [-0.15, -0.1) is 0 Å². The van der Waals surface area contributed by atoms with Crippen LogP contribution in [0.3, 0.4) is 0 Å². The maximum atomic E-state index is 12.8. The van der Waals surface area contributed by atoms with Crippen LogP contribution in [0.4, 0.5) is 13.2 Å². The number of phenols is 1. The Hall–Kier alpha value is -2.52. The number of nitrogens with zero attached hydrogens (tertiary/aromatic N) is 3. The number of alkyl halides is 3. The SMILES string of the molecule is CN1CCN(Cc2cc3c(O)c(-c4cc(C(F)(F)F)[nH]n4)ccc3o2)CC1. The lowest BCUT2D eigenvalue weighted by Crippen LogP contribution is -2.43. The Morgan fingerprint density at radius 2 is 1.93 bits per heavy atom. The predicted molar refractivity (Wildman–Crippen MR) is 93.2 cm³/mol. The van der Waals surface area contributed by atoms with Gasteiger partial charge in [-0.3, -0.25) is 10.00 Å². The lowest BCUT2D eigenvalue weighted by Gasteiger charge is -2.31. The molecule has 0 saturated carbocycles. The van der Waals surface area contributed by atoms with Crippen molar-refractivity contribution < 1.29 is 22.7 Å². The van der Waals surface area contributed by atoms with E-state index in [0.29, 0.717) is 23.3 Å². The van der Waals surface area contributed by atoms with Crippen molar-refractivity contribution in [3.8, 4) is 17.0 Å². The number of benzene rings is 1. The van der Waals surface area contributed by atoms with Crippen molar-refractivity contribution in [1.82, 2.24) is 20.0 Å². The van der Waals surface area contributed by atoms with Crippen molar-refractivity contribution in [3.05, 3.63) is 35.7 Å². The lowest BCUT2D eigenvalue weighted by molar-refractivity contribution is -0.141. The fourth-order valence-electron chi connectivity index (χ4n) is 3.27. The third kappa shape index (κ3) is 3.52. The molecule has 3 heterocycles. The van der Waals surface area contributed by atoms with E-state index in [0.717, 1.165) is 32.2 Å². The summed E-state index contributed by atoms with van der Waals surface area (Å²) in [5.41, 5.74) is -0.211. The molecule has 0 amide bonds. The summed E-state index contributed by atoms with van der Waals surface area (Å²) in [7, 11) is 2.08. The van der Waals surface area contributed by atoms with Gasteiger partial charge in [-0.05, 0) is 31.3 Å². The zero-order valence-electron chi connectivity index (χ0n) is 14.7. The minimum absolute atomic E-state index is 0.0311. The summed E-state index contributed by atoms with van der Waals surface area (Å²) in [5, 5.41) is 16.7. The number of aromatic amines is 1. The lowest BCUT2D eigenvalue weighted by atomic mass is 10.1. The van der Waals surface area contributed by atoms with Crippen LogP contribution in [0.1, 0.15) is 11.5 Å². The normalized spacial score (nSPS) is 17.0. The number of fused-ring (bicyclic) bond motifs is 1. The molecule has 3 aromatic rings. The molecule has 2 N–H and O–H groups in total. The van der Waals surface area contributed by atoms with Crippen LogP contribution in [0.15, 0.2) is 28.7 Å². The number of H-pyrrole nitrogens is 1. The van der Waals surface area contributed by atoms with E-state index in [1.54, 1.807) is 12.1 Å². The largest absolute Gasteiger partial charge is 0.506 e. The summed E-state index contributed by atoms with van der Waals surface area (Å²) >= 11 is 0. The van der Waals surface area contributed by atoms with Crippen molar-refractivity contribution in [2.75, 3.05) is 33.2 Å². The van der Waals surface area contributed by atoms with Gasteiger partial charge in [0.15, 0.2) is 0 Å². The van der Waals surface area contributed by atoms with E-state index in [-0.39, 0.29) is 17.0 Å². The molecule has 2 aromatic heterocycles. The first-order valence-electron chi connectivity index (χ1n) is 8.59. The Morgan fingerprint density at radius 1 is 1.19 bits per heavy atom. The predicted octanol–water partition coefficient (Wildman–Crippen LogP) is 3.29. The van der Waals surface area contributed by atoms with Crippen LogP contribution in [0.25, 0.3) is 22.2 Å². The molecule has 0 bridgehead atoms. The van der Waals surface area contributed by atoms with Crippen molar-refractivity contribution in [1.29, 1.82) is 0 Å². The van der Waals surface area contributed by atoms with Crippen LogP contribution in [0.2, 0.25) is 0 Å². The maximum Gasteiger partial charge on any atom is 0.432 e. The van der Waals surface area contributed by atoms with Crippen LogP contribution in [0.5, 0.6) is 5.75 Å². The molecule has 0 aliphatic carbocycles. The standard InChI is InChI=1S/C18H19F3N4O2/c1-24-4-6-25(7-5-24)10-11-8-13-15(27-11)3-2-12(17(13)26)14-9-16(23-22-14)18(19,20)21/h2-3,8-9,26H,4-7,10H2,1H3,(H,22,23). The minimum Gasteiger partial charge on any atom is -0.506 e. The van der Waals surface area contributed by atoms with E-state index in [9.17, 15) is 18.3 Å². The van der Waals surface area contributed by atoms with E-state index in [2.05, 4.69) is 21.9 Å². The number of furan rings is 1. The van der Waals surface area contributed by atoms with E-state index in [1.807, 2.05) is 5.10 Å². The van der Waals surface area contributed by atoms with Crippen LogP contribution in [0, 0.1) is 0 Å². The van der Waals surface area contributed by atoms with E-state index in [1.165, 1.54) is 6.07 Å². The summed E-state index contributed by atoms with van der Waals surface area (Å²) in [6.45, 7) is 4.45. The molecule has 144 valence electrons. The van der Waals surface area contributed by atoms with Crippen molar-refractivity contribution in [2.45, 2.75) is 12.7 Å². The molecule has 0 unspecified atom stereocenters. The number of phenolic OH excluding ortho intramolecular Hbond substituents is 1.